The topological polar surface area (TPSA) is 55.8 Å². The monoisotopic (exact) mass is 333 g/mol. The lowest BCUT2D eigenvalue weighted by Gasteiger charge is -2.23. The van der Waals surface area contributed by atoms with Crippen LogP contribution in [0.15, 0.2) is 18.2 Å². The number of hydrogen-bond acceptors (Lipinski definition) is 5. The van der Waals surface area contributed by atoms with Gasteiger partial charge in [-0.2, -0.15) is 0 Å². The summed E-state index contributed by atoms with van der Waals surface area (Å²) in [6, 6.07) is 4.95. The Morgan fingerprint density at radius 1 is 1.00 bits per heavy atom. The Morgan fingerprint density at radius 2 is 1.52 bits per heavy atom. The number of hydrogen-bond donors (Lipinski definition) is 0. The lowest BCUT2D eigenvalue weighted by Crippen LogP contribution is -2.27. The fourth-order valence-corrected chi connectivity index (χ4v) is 2.15. The van der Waals surface area contributed by atoms with E-state index in [1.165, 1.54) is 13.8 Å². The molecular weight excluding hydrogens is 317 g/mol. The Hall–Kier alpha value is -1.46. The molecule has 0 aromatic heterocycles. The Labute approximate surface area is 133 Å². The maximum Gasteiger partial charge on any atom is 0.308 e. The maximum absolute atomic E-state index is 11.2. The first-order chi connectivity index (χ1) is 9.97. The molecule has 1 rings (SSSR count). The van der Waals surface area contributed by atoms with Gasteiger partial charge in [-0.1, -0.05) is 0 Å². The first-order valence-electron chi connectivity index (χ1n) is 6.35. The second kappa shape index (κ2) is 8.74. The van der Waals surface area contributed by atoms with E-state index < -0.39 is 11.9 Å². The summed E-state index contributed by atoms with van der Waals surface area (Å²) >= 11 is 11.5. The molecule has 5 nitrogen and oxygen atoms in total. The van der Waals surface area contributed by atoms with Gasteiger partial charge in [0.25, 0.3) is 0 Å². The zero-order valence-electron chi connectivity index (χ0n) is 11.9. The number of anilines is 1. The van der Waals surface area contributed by atoms with Gasteiger partial charge in [-0.25, -0.2) is 0 Å². The van der Waals surface area contributed by atoms with Gasteiger partial charge in [0, 0.05) is 50.5 Å². The van der Waals surface area contributed by atoms with Crippen molar-refractivity contribution in [2.24, 2.45) is 0 Å². The summed E-state index contributed by atoms with van der Waals surface area (Å²) in [5.74, 6) is 0.260. The van der Waals surface area contributed by atoms with Crippen molar-refractivity contribution in [2.45, 2.75) is 13.8 Å². The van der Waals surface area contributed by atoms with Crippen molar-refractivity contribution in [1.29, 1.82) is 0 Å². The lowest BCUT2D eigenvalue weighted by atomic mass is 10.2. The van der Waals surface area contributed by atoms with Crippen molar-refractivity contribution in [1.82, 2.24) is 0 Å². The predicted octanol–water partition coefficient (Wildman–Crippen LogP) is 2.82. The standard InChI is InChI=1S/C14H17Cl2NO4/c1-10(18)20-13-4-3-12(9-14(13)21-11(2)19)17(7-5-15)8-6-16/h3-4,9H,5-8H2,1-2H3. The van der Waals surface area contributed by atoms with Crippen LogP contribution in [0.5, 0.6) is 11.5 Å². The molecule has 0 aliphatic carbocycles. The summed E-state index contributed by atoms with van der Waals surface area (Å²) in [4.78, 5) is 24.2. The molecule has 0 aliphatic heterocycles. The van der Waals surface area contributed by atoms with Crippen LogP contribution in [0.2, 0.25) is 0 Å². The average Bonchev–Trinajstić information content (AvgIpc) is 2.39. The number of halogens is 2. The minimum Gasteiger partial charge on any atom is -0.423 e. The number of esters is 2. The van der Waals surface area contributed by atoms with Crippen LogP contribution in [0.4, 0.5) is 5.69 Å². The van der Waals surface area contributed by atoms with E-state index in [-0.39, 0.29) is 11.5 Å². The summed E-state index contributed by atoms with van der Waals surface area (Å²) in [6.07, 6.45) is 0. The molecule has 0 radical (unpaired) electrons. The van der Waals surface area contributed by atoms with Gasteiger partial charge in [-0.3, -0.25) is 9.59 Å². The van der Waals surface area contributed by atoms with Crippen molar-refractivity contribution < 1.29 is 19.1 Å². The molecule has 0 amide bonds. The van der Waals surface area contributed by atoms with Crippen molar-refractivity contribution in [3.63, 3.8) is 0 Å². The smallest absolute Gasteiger partial charge is 0.308 e. The maximum atomic E-state index is 11.2. The molecule has 0 saturated carbocycles. The molecule has 1 aromatic rings. The first kappa shape index (κ1) is 17.6. The van der Waals surface area contributed by atoms with Gasteiger partial charge in [0.1, 0.15) is 0 Å². The normalized spacial score (nSPS) is 10.1. The molecule has 0 unspecified atom stereocenters. The van der Waals surface area contributed by atoms with Crippen LogP contribution in [0, 0.1) is 0 Å². The van der Waals surface area contributed by atoms with Crippen LogP contribution in [-0.4, -0.2) is 36.8 Å². The van der Waals surface area contributed by atoms with Gasteiger partial charge < -0.3 is 14.4 Å². The zero-order chi connectivity index (χ0) is 15.8. The average molecular weight is 334 g/mol. The number of carbonyl (C=O) groups excluding carboxylic acids is 2. The van der Waals surface area contributed by atoms with E-state index in [9.17, 15) is 9.59 Å². The third kappa shape index (κ3) is 5.81. The summed E-state index contributed by atoms with van der Waals surface area (Å²) in [7, 11) is 0. The largest absolute Gasteiger partial charge is 0.423 e. The van der Waals surface area contributed by atoms with Crippen LogP contribution in [-0.2, 0) is 9.59 Å². The molecule has 0 fully saturated rings. The summed E-state index contributed by atoms with van der Waals surface area (Å²) in [5.41, 5.74) is 0.781. The second-order valence-electron chi connectivity index (χ2n) is 4.18. The highest BCUT2D eigenvalue weighted by atomic mass is 35.5. The van der Waals surface area contributed by atoms with Crippen LogP contribution < -0.4 is 14.4 Å². The van der Waals surface area contributed by atoms with Gasteiger partial charge in [0.05, 0.1) is 0 Å². The first-order valence-corrected chi connectivity index (χ1v) is 7.42. The minimum atomic E-state index is -0.498. The van der Waals surface area contributed by atoms with Crippen LogP contribution >= 0.6 is 23.2 Å². The third-order valence-corrected chi connectivity index (χ3v) is 2.85. The molecule has 0 saturated heterocycles. The lowest BCUT2D eigenvalue weighted by molar-refractivity contribution is -0.134. The second-order valence-corrected chi connectivity index (χ2v) is 4.94. The fraction of sp³-hybridized carbons (Fsp3) is 0.429. The molecule has 7 heteroatoms. The fourth-order valence-electron chi connectivity index (χ4n) is 1.74. The third-order valence-electron chi connectivity index (χ3n) is 2.51. The molecule has 0 spiro atoms. The van der Waals surface area contributed by atoms with Crippen molar-refractivity contribution in [3.05, 3.63) is 18.2 Å². The summed E-state index contributed by atoms with van der Waals surface area (Å²) in [6.45, 7) is 3.75. The summed E-state index contributed by atoms with van der Waals surface area (Å²) < 4.78 is 10.1. The van der Waals surface area contributed by atoms with Crippen molar-refractivity contribution in [3.8, 4) is 11.5 Å². The predicted molar refractivity (Wildman–Crippen MR) is 82.7 cm³/mol. The Kier molecular flexibility index (Phi) is 7.32. The highest BCUT2D eigenvalue weighted by Crippen LogP contribution is 2.32. The molecular formula is C14H17Cl2NO4. The van der Waals surface area contributed by atoms with Gasteiger partial charge in [-0.15, -0.1) is 23.2 Å². The number of nitrogens with zero attached hydrogens (tertiary/aromatic N) is 1. The number of ether oxygens (including phenoxy) is 2. The number of rotatable bonds is 7. The van der Waals surface area contributed by atoms with Gasteiger partial charge in [0.2, 0.25) is 0 Å². The number of carbonyl (C=O) groups is 2. The van der Waals surface area contributed by atoms with Gasteiger partial charge >= 0.3 is 11.9 Å². The van der Waals surface area contributed by atoms with E-state index in [2.05, 4.69) is 0 Å². The summed E-state index contributed by atoms with van der Waals surface area (Å²) in [5, 5.41) is 0. The molecule has 1 aromatic carbocycles. The highest BCUT2D eigenvalue weighted by Gasteiger charge is 2.14. The Morgan fingerprint density at radius 3 is 2.00 bits per heavy atom. The quantitative estimate of drug-likeness (QED) is 0.436. The number of alkyl halides is 2. The van der Waals surface area contributed by atoms with Crippen molar-refractivity contribution >= 4 is 40.8 Å². The van der Waals surface area contributed by atoms with E-state index in [0.29, 0.717) is 24.8 Å². The van der Waals surface area contributed by atoms with E-state index in [1.54, 1.807) is 18.2 Å². The van der Waals surface area contributed by atoms with Gasteiger partial charge in [0.15, 0.2) is 11.5 Å². The SMILES string of the molecule is CC(=O)Oc1ccc(N(CCCl)CCCl)cc1OC(C)=O. The molecule has 0 N–H and O–H groups in total. The molecule has 0 aliphatic rings. The molecule has 21 heavy (non-hydrogen) atoms. The number of benzene rings is 1. The van der Waals surface area contributed by atoms with Crippen molar-refractivity contribution in [2.75, 3.05) is 29.7 Å². The molecule has 0 heterocycles. The highest BCUT2D eigenvalue weighted by molar-refractivity contribution is 6.18. The van der Waals surface area contributed by atoms with E-state index in [1.807, 2.05) is 4.90 Å². The van der Waals surface area contributed by atoms with E-state index >= 15 is 0 Å². The molecule has 0 bridgehead atoms. The molecule has 0 atom stereocenters. The van der Waals surface area contributed by atoms with Crippen LogP contribution in [0.25, 0.3) is 0 Å². The minimum absolute atomic E-state index is 0.185. The van der Waals surface area contributed by atoms with Crippen LogP contribution in [0.3, 0.4) is 0 Å². The molecule has 116 valence electrons. The van der Waals surface area contributed by atoms with Crippen LogP contribution in [0.1, 0.15) is 13.8 Å². The van der Waals surface area contributed by atoms with E-state index in [0.717, 1.165) is 5.69 Å². The Balaban J connectivity index is 3.11. The zero-order valence-corrected chi connectivity index (χ0v) is 13.4. The van der Waals surface area contributed by atoms with E-state index in [4.69, 9.17) is 32.7 Å². The van der Waals surface area contributed by atoms with Gasteiger partial charge in [-0.05, 0) is 12.1 Å². The Bertz CT molecular complexity index is 502.